The monoisotopic (exact) mass is 158 g/mol. The molecule has 0 bridgehead atoms. The first-order valence-electron chi connectivity index (χ1n) is 3.16. The lowest BCUT2D eigenvalue weighted by Gasteiger charge is -2.01. The van der Waals surface area contributed by atoms with Gasteiger partial charge in [0.15, 0.2) is 0 Å². The van der Waals surface area contributed by atoms with Crippen LogP contribution in [0.2, 0.25) is 0 Å². The van der Waals surface area contributed by atoms with Crippen molar-refractivity contribution in [1.82, 2.24) is 0 Å². The molecule has 0 atom stereocenters. The molecule has 0 aliphatic carbocycles. The number of halogens is 2. The first-order chi connectivity index (χ1) is 5.27. The quantitative estimate of drug-likeness (QED) is 0.641. The standard InChI is InChI=1S/C8H8F2O/c1-11-7-3-2-6(5-9)8(10)4-7/h2-4H,5H2,1H3. The van der Waals surface area contributed by atoms with Crippen LogP contribution in [0.25, 0.3) is 0 Å². The van der Waals surface area contributed by atoms with Gasteiger partial charge in [-0.25, -0.2) is 8.78 Å². The second-order valence-corrected chi connectivity index (χ2v) is 2.09. The number of benzene rings is 1. The van der Waals surface area contributed by atoms with E-state index in [0.29, 0.717) is 5.75 Å². The van der Waals surface area contributed by atoms with E-state index in [1.54, 1.807) is 0 Å². The Balaban J connectivity index is 2.99. The van der Waals surface area contributed by atoms with E-state index in [-0.39, 0.29) is 5.56 Å². The van der Waals surface area contributed by atoms with Crippen molar-refractivity contribution in [3.05, 3.63) is 29.6 Å². The second kappa shape index (κ2) is 3.32. The van der Waals surface area contributed by atoms with Gasteiger partial charge in [-0.05, 0) is 12.1 Å². The summed E-state index contributed by atoms with van der Waals surface area (Å²) in [7, 11) is 1.43. The van der Waals surface area contributed by atoms with Gasteiger partial charge in [0.25, 0.3) is 0 Å². The van der Waals surface area contributed by atoms with Crippen molar-refractivity contribution in [1.29, 1.82) is 0 Å². The Kier molecular flexibility index (Phi) is 2.41. The Morgan fingerprint density at radius 1 is 1.45 bits per heavy atom. The Morgan fingerprint density at radius 3 is 2.64 bits per heavy atom. The number of alkyl halides is 1. The van der Waals surface area contributed by atoms with Crippen molar-refractivity contribution in [2.75, 3.05) is 7.11 Å². The minimum atomic E-state index is -0.782. The molecule has 1 aromatic rings. The van der Waals surface area contributed by atoms with Crippen LogP contribution in [0.3, 0.4) is 0 Å². The van der Waals surface area contributed by atoms with Gasteiger partial charge in [0.1, 0.15) is 18.2 Å². The summed E-state index contributed by atoms with van der Waals surface area (Å²) in [4.78, 5) is 0. The fourth-order valence-corrected chi connectivity index (χ4v) is 0.763. The largest absolute Gasteiger partial charge is 0.497 e. The highest BCUT2D eigenvalue weighted by Gasteiger charge is 2.01. The molecule has 0 spiro atoms. The average molecular weight is 158 g/mol. The van der Waals surface area contributed by atoms with Crippen LogP contribution in [-0.2, 0) is 6.67 Å². The molecule has 0 aliphatic heterocycles. The molecule has 1 nitrogen and oxygen atoms in total. The van der Waals surface area contributed by atoms with Gasteiger partial charge in [0, 0.05) is 11.6 Å². The molecule has 0 N–H and O–H groups in total. The van der Waals surface area contributed by atoms with Gasteiger partial charge >= 0.3 is 0 Å². The van der Waals surface area contributed by atoms with Crippen molar-refractivity contribution in [3.63, 3.8) is 0 Å². The topological polar surface area (TPSA) is 9.23 Å². The number of rotatable bonds is 2. The molecule has 60 valence electrons. The van der Waals surface area contributed by atoms with Crippen LogP contribution in [-0.4, -0.2) is 7.11 Å². The molecule has 0 heterocycles. The zero-order valence-corrected chi connectivity index (χ0v) is 6.10. The minimum Gasteiger partial charge on any atom is -0.497 e. The summed E-state index contributed by atoms with van der Waals surface area (Å²) in [5.74, 6) is -0.161. The van der Waals surface area contributed by atoms with Crippen LogP contribution in [0.15, 0.2) is 18.2 Å². The molecular formula is C8H8F2O. The summed E-state index contributed by atoms with van der Waals surface area (Å²) in [6, 6.07) is 4.06. The summed E-state index contributed by atoms with van der Waals surface area (Å²) >= 11 is 0. The van der Waals surface area contributed by atoms with Crippen LogP contribution >= 0.6 is 0 Å². The zero-order chi connectivity index (χ0) is 8.27. The maximum atomic E-state index is 12.7. The molecule has 0 radical (unpaired) electrons. The molecule has 0 unspecified atom stereocenters. The van der Waals surface area contributed by atoms with Gasteiger partial charge in [-0.15, -0.1) is 0 Å². The van der Waals surface area contributed by atoms with Crippen LogP contribution < -0.4 is 4.74 Å². The third-order valence-corrected chi connectivity index (χ3v) is 1.40. The predicted molar refractivity (Wildman–Crippen MR) is 37.8 cm³/mol. The van der Waals surface area contributed by atoms with Crippen LogP contribution in [0, 0.1) is 5.82 Å². The molecule has 1 aromatic carbocycles. The summed E-state index contributed by atoms with van der Waals surface area (Å²) in [6.45, 7) is -0.782. The van der Waals surface area contributed by atoms with E-state index in [0.717, 1.165) is 6.07 Å². The molecule has 0 saturated carbocycles. The minimum absolute atomic E-state index is 0.0609. The second-order valence-electron chi connectivity index (χ2n) is 2.09. The Bertz CT molecular complexity index is 248. The van der Waals surface area contributed by atoms with E-state index in [4.69, 9.17) is 4.74 Å². The van der Waals surface area contributed by atoms with Crippen molar-refractivity contribution in [2.45, 2.75) is 6.67 Å². The molecule has 1 rings (SSSR count). The smallest absolute Gasteiger partial charge is 0.132 e. The summed E-state index contributed by atoms with van der Waals surface area (Å²) in [5.41, 5.74) is 0.0609. The summed E-state index contributed by atoms with van der Waals surface area (Å²) in [5, 5.41) is 0. The predicted octanol–water partition coefficient (Wildman–Crippen LogP) is 2.30. The number of methoxy groups -OCH3 is 1. The summed E-state index contributed by atoms with van der Waals surface area (Å²) < 4.78 is 29.4. The van der Waals surface area contributed by atoms with E-state index in [1.165, 1.54) is 19.2 Å². The van der Waals surface area contributed by atoms with Gasteiger partial charge in [0.05, 0.1) is 7.11 Å². The maximum absolute atomic E-state index is 12.7. The Morgan fingerprint density at radius 2 is 2.18 bits per heavy atom. The van der Waals surface area contributed by atoms with E-state index < -0.39 is 12.5 Å². The van der Waals surface area contributed by atoms with Crippen molar-refractivity contribution < 1.29 is 13.5 Å². The van der Waals surface area contributed by atoms with Gasteiger partial charge in [-0.1, -0.05) is 0 Å². The molecule has 0 fully saturated rings. The third-order valence-electron chi connectivity index (χ3n) is 1.40. The molecular weight excluding hydrogens is 150 g/mol. The Labute approximate surface area is 63.6 Å². The fourth-order valence-electron chi connectivity index (χ4n) is 0.763. The van der Waals surface area contributed by atoms with E-state index in [9.17, 15) is 8.78 Å². The highest BCUT2D eigenvalue weighted by molar-refractivity contribution is 5.28. The van der Waals surface area contributed by atoms with Crippen LogP contribution in [0.4, 0.5) is 8.78 Å². The molecule has 0 aliphatic rings. The first kappa shape index (κ1) is 7.98. The average Bonchev–Trinajstić information content (AvgIpc) is 2.04. The third kappa shape index (κ3) is 1.67. The molecule has 0 saturated heterocycles. The van der Waals surface area contributed by atoms with Gasteiger partial charge in [0.2, 0.25) is 0 Å². The van der Waals surface area contributed by atoms with Gasteiger partial charge in [-0.2, -0.15) is 0 Å². The molecule has 3 heteroatoms. The van der Waals surface area contributed by atoms with E-state index in [2.05, 4.69) is 0 Å². The highest BCUT2D eigenvalue weighted by Crippen LogP contribution is 2.16. The normalized spacial score (nSPS) is 9.73. The molecule has 11 heavy (non-hydrogen) atoms. The van der Waals surface area contributed by atoms with Crippen molar-refractivity contribution in [2.24, 2.45) is 0 Å². The zero-order valence-electron chi connectivity index (χ0n) is 6.10. The van der Waals surface area contributed by atoms with Crippen LogP contribution in [0.1, 0.15) is 5.56 Å². The summed E-state index contributed by atoms with van der Waals surface area (Å²) in [6.07, 6.45) is 0. The lowest BCUT2D eigenvalue weighted by atomic mass is 10.2. The number of ether oxygens (including phenoxy) is 1. The van der Waals surface area contributed by atoms with Crippen LogP contribution in [0.5, 0.6) is 5.75 Å². The van der Waals surface area contributed by atoms with Crippen molar-refractivity contribution >= 4 is 0 Å². The van der Waals surface area contributed by atoms with Gasteiger partial charge in [-0.3, -0.25) is 0 Å². The lowest BCUT2D eigenvalue weighted by Crippen LogP contribution is -1.88. The number of hydrogen-bond acceptors (Lipinski definition) is 1. The number of hydrogen-bond donors (Lipinski definition) is 0. The van der Waals surface area contributed by atoms with E-state index >= 15 is 0 Å². The lowest BCUT2D eigenvalue weighted by molar-refractivity contribution is 0.408. The fraction of sp³-hybridized carbons (Fsp3) is 0.250. The van der Waals surface area contributed by atoms with Crippen molar-refractivity contribution in [3.8, 4) is 5.75 Å². The van der Waals surface area contributed by atoms with Gasteiger partial charge < -0.3 is 4.74 Å². The molecule has 0 aromatic heterocycles. The SMILES string of the molecule is COc1ccc(CF)c(F)c1. The highest BCUT2D eigenvalue weighted by atomic mass is 19.1. The Hall–Kier alpha value is -1.12. The molecule has 0 amide bonds. The first-order valence-corrected chi connectivity index (χ1v) is 3.16. The maximum Gasteiger partial charge on any atom is 0.132 e. The van der Waals surface area contributed by atoms with E-state index in [1.807, 2.05) is 0 Å².